The lowest BCUT2D eigenvalue weighted by molar-refractivity contribution is 1.14. The molecule has 0 aromatic heterocycles. The molecule has 0 amide bonds. The van der Waals surface area contributed by atoms with Crippen LogP contribution in [0, 0.1) is 0 Å². The first kappa shape index (κ1) is 7.81. The lowest BCUT2D eigenvalue weighted by Crippen LogP contribution is -1.93. The highest BCUT2D eigenvalue weighted by atomic mass is 14.1. The average Bonchev–Trinajstić information content (AvgIpc) is 2.23. The van der Waals surface area contributed by atoms with Crippen LogP contribution in [0.25, 0.3) is 22.3 Å². The van der Waals surface area contributed by atoms with Crippen LogP contribution in [0.4, 0.5) is 0 Å². The van der Waals surface area contributed by atoms with Crippen molar-refractivity contribution in [2.75, 3.05) is 0 Å². The highest BCUT2D eigenvalue weighted by Gasteiger charge is 2.10. The molecule has 0 fully saturated rings. The lowest BCUT2D eigenvalue weighted by atomic mass is 9.89. The van der Waals surface area contributed by atoms with Gasteiger partial charge in [0.25, 0.3) is 0 Å². The zero-order valence-electron chi connectivity index (χ0n) is 8.25. The normalized spacial score (nSPS) is 11.5. The second-order valence-corrected chi connectivity index (χ2v) is 3.80. The molecular weight excluding hydrogens is 168 g/mol. The summed E-state index contributed by atoms with van der Waals surface area (Å²) in [5.41, 5.74) is 6.87. The Kier molecular flexibility index (Phi) is 1.51. The van der Waals surface area contributed by atoms with Crippen molar-refractivity contribution in [1.82, 2.24) is 0 Å². The fourth-order valence-corrected chi connectivity index (χ4v) is 2.19. The summed E-state index contributed by atoms with van der Waals surface area (Å²) in [5, 5.41) is 0. The molecule has 0 spiro atoms. The summed E-state index contributed by atoms with van der Waals surface area (Å²) in [7, 11) is 0. The van der Waals surface area contributed by atoms with Crippen molar-refractivity contribution in [2.45, 2.75) is 13.3 Å². The van der Waals surface area contributed by atoms with E-state index < -0.39 is 0 Å². The van der Waals surface area contributed by atoms with Gasteiger partial charge in [-0.25, -0.2) is 0 Å². The Morgan fingerprint density at radius 1 is 0.786 bits per heavy atom. The van der Waals surface area contributed by atoms with Crippen molar-refractivity contribution in [2.24, 2.45) is 0 Å². The third kappa shape index (κ3) is 0.941. The SMILES string of the molecule is CCc1cc2ccc1-c1ccc-2cc1. The van der Waals surface area contributed by atoms with Crippen LogP contribution < -0.4 is 0 Å². The summed E-state index contributed by atoms with van der Waals surface area (Å²) in [6, 6.07) is 15.6. The summed E-state index contributed by atoms with van der Waals surface area (Å²) in [5.74, 6) is 0. The number of rotatable bonds is 1. The monoisotopic (exact) mass is 180 g/mol. The smallest absolute Gasteiger partial charge is 0.0152 e. The molecule has 0 saturated heterocycles. The van der Waals surface area contributed by atoms with E-state index >= 15 is 0 Å². The Hall–Kier alpha value is -1.56. The van der Waals surface area contributed by atoms with Crippen molar-refractivity contribution in [1.29, 1.82) is 0 Å². The largest absolute Gasteiger partial charge is 0.0613 e. The zero-order valence-corrected chi connectivity index (χ0v) is 8.25. The van der Waals surface area contributed by atoms with Gasteiger partial charge in [-0.1, -0.05) is 49.4 Å². The maximum atomic E-state index is 2.32. The van der Waals surface area contributed by atoms with Gasteiger partial charge in [-0.2, -0.15) is 0 Å². The van der Waals surface area contributed by atoms with Crippen LogP contribution in [0.5, 0.6) is 0 Å². The molecule has 0 heteroatoms. The van der Waals surface area contributed by atoms with Gasteiger partial charge in [0.2, 0.25) is 0 Å². The predicted molar refractivity (Wildman–Crippen MR) is 60.3 cm³/mol. The van der Waals surface area contributed by atoms with E-state index in [2.05, 4.69) is 49.4 Å². The fraction of sp³-hybridized carbons (Fsp3) is 0.143. The van der Waals surface area contributed by atoms with Gasteiger partial charge >= 0.3 is 0 Å². The number of hydrogen-bond acceptors (Lipinski definition) is 0. The van der Waals surface area contributed by atoms with E-state index in [-0.39, 0.29) is 0 Å². The minimum absolute atomic E-state index is 1.11. The Balaban J connectivity index is 2.42. The van der Waals surface area contributed by atoms with Crippen molar-refractivity contribution < 1.29 is 0 Å². The van der Waals surface area contributed by atoms with E-state index in [9.17, 15) is 0 Å². The molecule has 2 aromatic carbocycles. The van der Waals surface area contributed by atoms with E-state index in [0.29, 0.717) is 0 Å². The van der Waals surface area contributed by atoms with Crippen molar-refractivity contribution in [3.8, 4) is 22.3 Å². The second kappa shape index (κ2) is 2.71. The van der Waals surface area contributed by atoms with E-state index in [1.807, 2.05) is 0 Å². The van der Waals surface area contributed by atoms with Gasteiger partial charge in [0.1, 0.15) is 0 Å². The maximum absolute atomic E-state index is 2.32. The summed E-state index contributed by atoms with van der Waals surface area (Å²) in [6.07, 6.45) is 1.11. The molecular formula is C14H12. The topological polar surface area (TPSA) is 0 Å². The van der Waals surface area contributed by atoms with Crippen LogP contribution in [0.1, 0.15) is 12.5 Å². The van der Waals surface area contributed by atoms with E-state index in [4.69, 9.17) is 0 Å². The standard InChI is InChI=1S/C14H12/c1-2-10-9-13-7-8-14(10)12-5-3-11(13)4-6-12/h3-9H,2H2,1H3. The Bertz CT molecular complexity index is 478. The van der Waals surface area contributed by atoms with Crippen molar-refractivity contribution in [3.63, 3.8) is 0 Å². The van der Waals surface area contributed by atoms with Crippen molar-refractivity contribution in [3.05, 3.63) is 48.0 Å². The first-order valence-electron chi connectivity index (χ1n) is 5.12. The van der Waals surface area contributed by atoms with Crippen LogP contribution in [-0.2, 0) is 6.42 Å². The molecule has 0 aliphatic heterocycles. The highest BCUT2D eigenvalue weighted by molar-refractivity contribution is 5.78. The quantitative estimate of drug-likeness (QED) is 0.533. The zero-order chi connectivity index (χ0) is 9.54. The van der Waals surface area contributed by atoms with Crippen LogP contribution in [0.3, 0.4) is 0 Å². The van der Waals surface area contributed by atoms with Gasteiger partial charge in [-0.05, 0) is 34.2 Å². The van der Waals surface area contributed by atoms with Gasteiger partial charge in [-0.15, -0.1) is 0 Å². The maximum Gasteiger partial charge on any atom is -0.0152 e. The van der Waals surface area contributed by atoms with Gasteiger partial charge in [0.15, 0.2) is 0 Å². The molecule has 6 rings (SSSR count). The Labute approximate surface area is 84.2 Å². The molecule has 0 saturated carbocycles. The van der Waals surface area contributed by atoms with Crippen molar-refractivity contribution >= 4 is 0 Å². The third-order valence-electron chi connectivity index (χ3n) is 3.02. The molecule has 0 atom stereocenters. The van der Waals surface area contributed by atoms with Crippen LogP contribution >= 0.6 is 0 Å². The third-order valence-corrected chi connectivity index (χ3v) is 3.02. The number of benzene rings is 2. The summed E-state index contributed by atoms with van der Waals surface area (Å²) in [4.78, 5) is 0. The lowest BCUT2D eigenvalue weighted by Gasteiger charge is -2.15. The predicted octanol–water partition coefficient (Wildman–Crippen LogP) is 3.90. The summed E-state index contributed by atoms with van der Waals surface area (Å²) < 4.78 is 0. The molecule has 0 nitrogen and oxygen atoms in total. The van der Waals surface area contributed by atoms with Gasteiger partial charge in [0.05, 0.1) is 0 Å². The van der Waals surface area contributed by atoms with Crippen LogP contribution in [0.15, 0.2) is 42.5 Å². The molecule has 0 radical (unpaired) electrons. The molecule has 68 valence electrons. The first-order valence-corrected chi connectivity index (χ1v) is 5.12. The highest BCUT2D eigenvalue weighted by Crippen LogP contribution is 2.33. The molecule has 4 aliphatic rings. The molecule has 2 aromatic rings. The summed E-state index contributed by atoms with van der Waals surface area (Å²) >= 11 is 0. The van der Waals surface area contributed by atoms with Gasteiger partial charge < -0.3 is 0 Å². The average molecular weight is 180 g/mol. The molecule has 4 aliphatic carbocycles. The first-order chi connectivity index (χ1) is 6.88. The molecule has 14 heavy (non-hydrogen) atoms. The molecule has 0 heterocycles. The molecule has 4 bridgehead atoms. The Morgan fingerprint density at radius 2 is 1.43 bits per heavy atom. The van der Waals surface area contributed by atoms with Gasteiger partial charge in [0, 0.05) is 0 Å². The van der Waals surface area contributed by atoms with E-state index in [1.165, 1.54) is 27.8 Å². The number of hydrogen-bond donors (Lipinski definition) is 0. The van der Waals surface area contributed by atoms with E-state index in [1.54, 1.807) is 0 Å². The summed E-state index contributed by atoms with van der Waals surface area (Å²) in [6.45, 7) is 2.22. The molecule has 0 N–H and O–H groups in total. The van der Waals surface area contributed by atoms with Gasteiger partial charge in [-0.3, -0.25) is 0 Å². The van der Waals surface area contributed by atoms with E-state index in [0.717, 1.165) is 6.42 Å². The fourth-order valence-electron chi connectivity index (χ4n) is 2.19. The number of aryl methyl sites for hydroxylation is 1. The minimum Gasteiger partial charge on any atom is -0.0613 e. The molecule has 0 unspecified atom stereocenters. The van der Waals surface area contributed by atoms with Crippen LogP contribution in [-0.4, -0.2) is 0 Å². The van der Waals surface area contributed by atoms with Crippen LogP contribution in [0.2, 0.25) is 0 Å². The minimum atomic E-state index is 1.11. The second-order valence-electron chi connectivity index (χ2n) is 3.80. The Morgan fingerprint density at radius 3 is 2.14 bits per heavy atom.